The Morgan fingerprint density at radius 3 is 2.72 bits per heavy atom. The second-order valence-corrected chi connectivity index (χ2v) is 8.01. The molecule has 3 atom stereocenters. The summed E-state index contributed by atoms with van der Waals surface area (Å²) in [5, 5.41) is 9.73. The van der Waals surface area contributed by atoms with E-state index in [1.807, 2.05) is 27.7 Å². The van der Waals surface area contributed by atoms with E-state index in [2.05, 4.69) is 9.88 Å². The van der Waals surface area contributed by atoms with Crippen LogP contribution >= 0.6 is 0 Å². The predicted molar refractivity (Wildman–Crippen MR) is 92.1 cm³/mol. The standard InChI is InChI=1S/C18H26FN3O3/c1-10-8-21(17(24)25-18(3,4)5)9-13-6-12-7-14(19)15(11(2)23)20-16(12)22(10)13/h7,10-11,13,23H,6,8-9H2,1-5H3. The lowest BCUT2D eigenvalue weighted by Crippen LogP contribution is -2.58. The molecule has 3 rings (SSSR count). The van der Waals surface area contributed by atoms with Gasteiger partial charge >= 0.3 is 6.09 Å². The molecule has 1 saturated heterocycles. The SMILES string of the molecule is CC(O)c1nc2c(cc1F)CC1CN(C(=O)OC(C)(C)C)CC(C)N21. The number of pyridine rings is 1. The molecule has 0 saturated carbocycles. The van der Waals surface area contributed by atoms with E-state index in [-0.39, 0.29) is 23.9 Å². The molecule has 7 heteroatoms. The van der Waals surface area contributed by atoms with Crippen LogP contribution in [0.5, 0.6) is 0 Å². The molecule has 2 aliphatic heterocycles. The van der Waals surface area contributed by atoms with Gasteiger partial charge in [0.2, 0.25) is 0 Å². The summed E-state index contributed by atoms with van der Waals surface area (Å²) in [5.41, 5.74) is 0.360. The van der Waals surface area contributed by atoms with Crippen LogP contribution in [0, 0.1) is 5.82 Å². The minimum Gasteiger partial charge on any atom is -0.444 e. The van der Waals surface area contributed by atoms with Crippen molar-refractivity contribution >= 4 is 11.9 Å². The maximum atomic E-state index is 14.1. The van der Waals surface area contributed by atoms with Gasteiger partial charge in [0.25, 0.3) is 0 Å². The summed E-state index contributed by atoms with van der Waals surface area (Å²) in [4.78, 5) is 20.6. The third-order valence-corrected chi connectivity index (χ3v) is 4.59. The zero-order chi connectivity index (χ0) is 18.5. The number of hydrogen-bond acceptors (Lipinski definition) is 5. The topological polar surface area (TPSA) is 65.9 Å². The van der Waals surface area contributed by atoms with Crippen LogP contribution in [0.15, 0.2) is 6.07 Å². The van der Waals surface area contributed by atoms with Gasteiger partial charge < -0.3 is 19.6 Å². The van der Waals surface area contributed by atoms with Gasteiger partial charge in [-0.2, -0.15) is 0 Å². The van der Waals surface area contributed by atoms with Crippen LogP contribution in [0.1, 0.15) is 52.0 Å². The fraction of sp³-hybridized carbons (Fsp3) is 0.667. The number of hydrogen-bond donors (Lipinski definition) is 1. The lowest BCUT2D eigenvalue weighted by Gasteiger charge is -2.43. The van der Waals surface area contributed by atoms with Gasteiger partial charge in [-0.25, -0.2) is 14.2 Å². The lowest BCUT2D eigenvalue weighted by molar-refractivity contribution is 0.0191. The number of aliphatic hydroxyl groups excluding tert-OH is 1. The molecule has 6 nitrogen and oxygen atoms in total. The van der Waals surface area contributed by atoms with Crippen LogP contribution in [-0.2, 0) is 11.2 Å². The first-order valence-electron chi connectivity index (χ1n) is 8.70. The highest BCUT2D eigenvalue weighted by molar-refractivity contribution is 5.69. The number of ether oxygens (including phenoxy) is 1. The maximum Gasteiger partial charge on any atom is 0.410 e. The number of anilines is 1. The monoisotopic (exact) mass is 351 g/mol. The molecule has 0 aromatic carbocycles. The quantitative estimate of drug-likeness (QED) is 0.843. The summed E-state index contributed by atoms with van der Waals surface area (Å²) in [6.07, 6.45) is -0.648. The normalized spacial score (nSPS) is 24.0. The Bertz CT molecular complexity index is 687. The average Bonchev–Trinajstić information content (AvgIpc) is 2.81. The number of aromatic nitrogens is 1. The summed E-state index contributed by atoms with van der Waals surface area (Å²) in [5.74, 6) is 0.240. The van der Waals surface area contributed by atoms with E-state index in [1.165, 1.54) is 13.0 Å². The van der Waals surface area contributed by atoms with E-state index in [1.54, 1.807) is 4.90 Å². The Balaban J connectivity index is 1.83. The minimum atomic E-state index is -0.956. The number of aliphatic hydroxyl groups is 1. The van der Waals surface area contributed by atoms with Crippen LogP contribution in [0.2, 0.25) is 0 Å². The predicted octanol–water partition coefficient (Wildman–Crippen LogP) is 2.64. The van der Waals surface area contributed by atoms with Gasteiger partial charge in [0, 0.05) is 19.1 Å². The highest BCUT2D eigenvalue weighted by atomic mass is 19.1. The molecule has 1 fully saturated rings. The molecular formula is C18H26FN3O3. The second-order valence-electron chi connectivity index (χ2n) is 8.01. The summed E-state index contributed by atoms with van der Waals surface area (Å²) >= 11 is 0. The van der Waals surface area contributed by atoms with E-state index in [0.717, 1.165) is 11.4 Å². The molecule has 1 aromatic heterocycles. The summed E-state index contributed by atoms with van der Waals surface area (Å²) in [6.45, 7) is 10.1. The van der Waals surface area contributed by atoms with Crippen molar-refractivity contribution in [3.05, 3.63) is 23.1 Å². The molecule has 3 heterocycles. The molecule has 25 heavy (non-hydrogen) atoms. The molecule has 0 aliphatic carbocycles. The van der Waals surface area contributed by atoms with Crippen molar-refractivity contribution in [1.82, 2.24) is 9.88 Å². The van der Waals surface area contributed by atoms with Gasteiger partial charge in [-0.05, 0) is 52.7 Å². The average molecular weight is 351 g/mol. The molecule has 138 valence electrons. The van der Waals surface area contributed by atoms with Gasteiger partial charge in [-0.3, -0.25) is 0 Å². The maximum absolute atomic E-state index is 14.1. The highest BCUT2D eigenvalue weighted by Crippen LogP contribution is 2.37. The Morgan fingerprint density at radius 2 is 2.12 bits per heavy atom. The van der Waals surface area contributed by atoms with Gasteiger partial charge in [0.1, 0.15) is 22.9 Å². The molecule has 0 bridgehead atoms. The van der Waals surface area contributed by atoms with Gasteiger partial charge in [0.15, 0.2) is 0 Å². The highest BCUT2D eigenvalue weighted by Gasteiger charge is 2.42. The second kappa shape index (κ2) is 6.12. The van der Waals surface area contributed by atoms with Crippen LogP contribution < -0.4 is 4.90 Å². The van der Waals surface area contributed by atoms with E-state index in [9.17, 15) is 14.3 Å². The molecule has 1 aromatic rings. The Morgan fingerprint density at radius 1 is 1.44 bits per heavy atom. The number of carbonyl (C=O) groups is 1. The van der Waals surface area contributed by atoms with Crippen molar-refractivity contribution < 1.29 is 19.0 Å². The number of fused-ring (bicyclic) bond motifs is 3. The summed E-state index contributed by atoms with van der Waals surface area (Å²) in [7, 11) is 0. The molecule has 0 spiro atoms. The van der Waals surface area contributed by atoms with Crippen LogP contribution in [0.25, 0.3) is 0 Å². The number of rotatable bonds is 1. The third kappa shape index (κ3) is 3.42. The van der Waals surface area contributed by atoms with Crippen LogP contribution in [0.3, 0.4) is 0 Å². The van der Waals surface area contributed by atoms with Crippen LogP contribution in [-0.4, -0.2) is 51.9 Å². The Kier molecular flexibility index (Phi) is 4.39. The van der Waals surface area contributed by atoms with Crippen molar-refractivity contribution in [3.63, 3.8) is 0 Å². The number of nitrogens with zero attached hydrogens (tertiary/aromatic N) is 3. The van der Waals surface area contributed by atoms with Crippen molar-refractivity contribution in [2.24, 2.45) is 0 Å². The van der Waals surface area contributed by atoms with E-state index in [4.69, 9.17) is 4.74 Å². The molecule has 0 radical (unpaired) electrons. The van der Waals surface area contributed by atoms with Crippen molar-refractivity contribution in [2.45, 2.75) is 64.8 Å². The van der Waals surface area contributed by atoms with Crippen molar-refractivity contribution in [3.8, 4) is 0 Å². The zero-order valence-corrected chi connectivity index (χ0v) is 15.4. The number of carbonyl (C=O) groups excluding carboxylic acids is 1. The smallest absolute Gasteiger partial charge is 0.410 e. The van der Waals surface area contributed by atoms with E-state index >= 15 is 0 Å². The number of amides is 1. The summed E-state index contributed by atoms with van der Waals surface area (Å²) in [6, 6.07) is 1.54. The van der Waals surface area contributed by atoms with Gasteiger partial charge in [0.05, 0.1) is 12.1 Å². The van der Waals surface area contributed by atoms with Crippen molar-refractivity contribution in [1.29, 1.82) is 0 Å². The lowest BCUT2D eigenvalue weighted by atomic mass is 10.1. The Hall–Kier alpha value is -1.89. The fourth-order valence-electron chi connectivity index (χ4n) is 3.66. The van der Waals surface area contributed by atoms with E-state index < -0.39 is 17.5 Å². The van der Waals surface area contributed by atoms with Crippen LogP contribution in [0.4, 0.5) is 15.0 Å². The zero-order valence-electron chi connectivity index (χ0n) is 15.4. The minimum absolute atomic E-state index is 0.0346. The van der Waals surface area contributed by atoms with E-state index in [0.29, 0.717) is 19.5 Å². The number of halogens is 1. The van der Waals surface area contributed by atoms with Crippen molar-refractivity contribution in [2.75, 3.05) is 18.0 Å². The third-order valence-electron chi connectivity index (χ3n) is 4.59. The first-order valence-corrected chi connectivity index (χ1v) is 8.70. The first-order chi connectivity index (χ1) is 11.6. The fourth-order valence-corrected chi connectivity index (χ4v) is 3.66. The van der Waals surface area contributed by atoms with Gasteiger partial charge in [-0.15, -0.1) is 0 Å². The largest absolute Gasteiger partial charge is 0.444 e. The Labute approximate surface area is 147 Å². The molecule has 2 aliphatic rings. The molecule has 1 N–H and O–H groups in total. The molecule has 3 unspecified atom stereocenters. The first kappa shape index (κ1) is 17.9. The van der Waals surface area contributed by atoms with Gasteiger partial charge in [-0.1, -0.05) is 0 Å². The molecular weight excluding hydrogens is 325 g/mol. The molecule has 1 amide bonds. The summed E-state index contributed by atoms with van der Waals surface area (Å²) < 4.78 is 19.6. The number of piperazine rings is 1.